The summed E-state index contributed by atoms with van der Waals surface area (Å²) in [5.74, 6) is 0. The predicted molar refractivity (Wildman–Crippen MR) is 90.0 cm³/mol. The van der Waals surface area contributed by atoms with E-state index in [0.29, 0.717) is 0 Å². The number of para-hydroxylation sites is 1. The lowest BCUT2D eigenvalue weighted by atomic mass is 10.2. The quantitative estimate of drug-likeness (QED) is 0.460. The number of benzene rings is 3. The molecule has 1 aromatic heterocycles. The lowest BCUT2D eigenvalue weighted by molar-refractivity contribution is 0.869. The minimum Gasteiger partial charge on any atom is -0.336 e. The minimum absolute atomic E-state index is 0.783. The highest BCUT2D eigenvalue weighted by molar-refractivity contribution is 6.31. The van der Waals surface area contributed by atoms with Gasteiger partial charge in [-0.3, -0.25) is 0 Å². The van der Waals surface area contributed by atoms with Crippen LogP contribution in [0.4, 0.5) is 0 Å². The molecular formula is C19H14ClN. The zero-order valence-electron chi connectivity index (χ0n) is 11.5. The lowest BCUT2D eigenvalue weighted by Crippen LogP contribution is -1.98. The van der Waals surface area contributed by atoms with E-state index in [-0.39, 0.29) is 0 Å². The van der Waals surface area contributed by atoms with Crippen LogP contribution in [0.15, 0.2) is 72.8 Å². The molecule has 0 atom stereocenters. The Morgan fingerprint density at radius 2 is 1.43 bits per heavy atom. The SMILES string of the molecule is Clc1ccc2c(c1)c1ccccc1n2Cc1ccccc1. The third kappa shape index (κ3) is 2.10. The van der Waals surface area contributed by atoms with Gasteiger partial charge in [-0.1, -0.05) is 60.1 Å². The van der Waals surface area contributed by atoms with Crippen LogP contribution < -0.4 is 0 Å². The molecule has 0 amide bonds. The van der Waals surface area contributed by atoms with Gasteiger partial charge in [0.1, 0.15) is 0 Å². The van der Waals surface area contributed by atoms with Crippen molar-refractivity contribution in [1.82, 2.24) is 4.57 Å². The Labute approximate surface area is 128 Å². The van der Waals surface area contributed by atoms with Crippen LogP contribution >= 0.6 is 11.6 Å². The first-order valence-corrected chi connectivity index (χ1v) is 7.41. The van der Waals surface area contributed by atoms with E-state index in [4.69, 9.17) is 11.6 Å². The summed E-state index contributed by atoms with van der Waals surface area (Å²) in [5.41, 5.74) is 3.78. The van der Waals surface area contributed by atoms with Crippen LogP contribution in [0.5, 0.6) is 0 Å². The second-order valence-electron chi connectivity index (χ2n) is 5.25. The summed E-state index contributed by atoms with van der Waals surface area (Å²) >= 11 is 6.18. The second kappa shape index (κ2) is 4.94. The largest absolute Gasteiger partial charge is 0.336 e. The predicted octanol–water partition coefficient (Wildman–Crippen LogP) is 5.50. The first-order chi connectivity index (χ1) is 10.3. The normalized spacial score (nSPS) is 11.3. The van der Waals surface area contributed by atoms with Crippen LogP contribution in [0.3, 0.4) is 0 Å². The van der Waals surface area contributed by atoms with Gasteiger partial charge in [0, 0.05) is 33.4 Å². The average molecular weight is 292 g/mol. The highest BCUT2D eigenvalue weighted by atomic mass is 35.5. The Morgan fingerprint density at radius 1 is 0.714 bits per heavy atom. The van der Waals surface area contributed by atoms with Gasteiger partial charge in [-0.2, -0.15) is 0 Å². The summed E-state index contributed by atoms with van der Waals surface area (Å²) in [4.78, 5) is 0. The number of hydrogen-bond acceptors (Lipinski definition) is 0. The molecule has 21 heavy (non-hydrogen) atoms. The maximum Gasteiger partial charge on any atom is 0.0495 e. The van der Waals surface area contributed by atoms with Crippen LogP contribution in [0.25, 0.3) is 21.8 Å². The van der Waals surface area contributed by atoms with Gasteiger partial charge >= 0.3 is 0 Å². The fraction of sp³-hybridized carbons (Fsp3) is 0.0526. The third-order valence-corrected chi connectivity index (χ3v) is 4.15. The summed E-state index contributed by atoms with van der Waals surface area (Å²) < 4.78 is 2.36. The van der Waals surface area contributed by atoms with Crippen LogP contribution in [0.2, 0.25) is 5.02 Å². The smallest absolute Gasteiger partial charge is 0.0495 e. The number of rotatable bonds is 2. The molecule has 0 aliphatic rings. The van der Waals surface area contributed by atoms with Crippen LogP contribution in [-0.2, 0) is 6.54 Å². The highest BCUT2D eigenvalue weighted by Crippen LogP contribution is 2.31. The molecule has 0 N–H and O–H groups in total. The molecule has 3 aromatic carbocycles. The zero-order chi connectivity index (χ0) is 14.2. The molecule has 0 aliphatic heterocycles. The number of hydrogen-bond donors (Lipinski definition) is 0. The standard InChI is InChI=1S/C19H14ClN/c20-15-10-11-19-17(12-15)16-8-4-5-9-18(16)21(19)13-14-6-2-1-3-7-14/h1-12H,13H2. The fourth-order valence-corrected chi connectivity index (χ4v) is 3.13. The van der Waals surface area contributed by atoms with Gasteiger partial charge < -0.3 is 4.57 Å². The summed E-state index contributed by atoms with van der Waals surface area (Å²) in [6.45, 7) is 0.868. The average Bonchev–Trinajstić information content (AvgIpc) is 2.82. The van der Waals surface area contributed by atoms with E-state index in [1.807, 2.05) is 6.07 Å². The van der Waals surface area contributed by atoms with Gasteiger partial charge in [-0.25, -0.2) is 0 Å². The van der Waals surface area contributed by atoms with Crippen LogP contribution in [0.1, 0.15) is 5.56 Å². The van der Waals surface area contributed by atoms with Gasteiger partial charge in [-0.15, -0.1) is 0 Å². The molecule has 0 saturated heterocycles. The van der Waals surface area contributed by atoms with Crippen molar-refractivity contribution in [1.29, 1.82) is 0 Å². The van der Waals surface area contributed by atoms with Gasteiger partial charge in [0.05, 0.1) is 0 Å². The lowest BCUT2D eigenvalue weighted by Gasteiger charge is -2.07. The topological polar surface area (TPSA) is 4.93 Å². The fourth-order valence-electron chi connectivity index (χ4n) is 2.96. The van der Waals surface area contributed by atoms with Gasteiger partial charge in [0.15, 0.2) is 0 Å². The Bertz CT molecular complexity index is 922. The third-order valence-electron chi connectivity index (χ3n) is 3.92. The maximum atomic E-state index is 6.18. The Morgan fingerprint density at radius 3 is 2.29 bits per heavy atom. The summed E-state index contributed by atoms with van der Waals surface area (Å²) in [6.07, 6.45) is 0. The number of fused-ring (bicyclic) bond motifs is 3. The van der Waals surface area contributed by atoms with Crippen molar-refractivity contribution in [2.75, 3.05) is 0 Å². The van der Waals surface area contributed by atoms with Gasteiger partial charge in [0.25, 0.3) is 0 Å². The van der Waals surface area contributed by atoms with Crippen LogP contribution in [0, 0.1) is 0 Å². The van der Waals surface area contributed by atoms with E-state index in [2.05, 4.69) is 71.3 Å². The van der Waals surface area contributed by atoms with Crippen molar-refractivity contribution < 1.29 is 0 Å². The van der Waals surface area contributed by atoms with E-state index in [0.717, 1.165) is 11.6 Å². The molecule has 4 aromatic rings. The van der Waals surface area contributed by atoms with Gasteiger partial charge in [-0.05, 0) is 29.8 Å². The van der Waals surface area contributed by atoms with Gasteiger partial charge in [0.2, 0.25) is 0 Å². The summed E-state index contributed by atoms with van der Waals surface area (Å²) in [6, 6.07) is 25.2. The molecule has 4 rings (SSSR count). The minimum atomic E-state index is 0.783. The number of aromatic nitrogens is 1. The molecular weight excluding hydrogens is 278 g/mol. The molecule has 2 heteroatoms. The van der Waals surface area contributed by atoms with Crippen molar-refractivity contribution >= 4 is 33.4 Å². The first kappa shape index (κ1) is 12.5. The second-order valence-corrected chi connectivity index (χ2v) is 5.69. The Balaban J connectivity index is 2.01. The summed E-state index contributed by atoms with van der Waals surface area (Å²) in [7, 11) is 0. The molecule has 0 unspecified atom stereocenters. The van der Waals surface area contributed by atoms with E-state index in [1.165, 1.54) is 27.4 Å². The number of halogens is 1. The highest BCUT2D eigenvalue weighted by Gasteiger charge is 2.10. The Kier molecular flexibility index (Phi) is 2.94. The van der Waals surface area contributed by atoms with E-state index >= 15 is 0 Å². The van der Waals surface area contributed by atoms with Crippen molar-refractivity contribution in [3.8, 4) is 0 Å². The van der Waals surface area contributed by atoms with Crippen molar-refractivity contribution in [3.63, 3.8) is 0 Å². The first-order valence-electron chi connectivity index (χ1n) is 7.03. The van der Waals surface area contributed by atoms with Crippen LogP contribution in [-0.4, -0.2) is 4.57 Å². The number of nitrogens with zero attached hydrogens (tertiary/aromatic N) is 1. The molecule has 0 bridgehead atoms. The molecule has 0 spiro atoms. The molecule has 0 saturated carbocycles. The van der Waals surface area contributed by atoms with Crippen molar-refractivity contribution in [3.05, 3.63) is 83.4 Å². The maximum absolute atomic E-state index is 6.18. The monoisotopic (exact) mass is 291 g/mol. The summed E-state index contributed by atoms with van der Waals surface area (Å²) in [5, 5.41) is 3.25. The molecule has 1 heterocycles. The van der Waals surface area contributed by atoms with Crippen molar-refractivity contribution in [2.45, 2.75) is 6.54 Å². The van der Waals surface area contributed by atoms with E-state index < -0.39 is 0 Å². The van der Waals surface area contributed by atoms with Crippen molar-refractivity contribution in [2.24, 2.45) is 0 Å². The zero-order valence-corrected chi connectivity index (χ0v) is 12.2. The molecule has 1 nitrogen and oxygen atoms in total. The molecule has 0 aliphatic carbocycles. The molecule has 102 valence electrons. The molecule has 0 radical (unpaired) electrons. The van der Waals surface area contributed by atoms with E-state index in [1.54, 1.807) is 0 Å². The Hall–Kier alpha value is -2.25. The molecule has 0 fully saturated rings. The van der Waals surface area contributed by atoms with E-state index in [9.17, 15) is 0 Å².